The van der Waals surface area contributed by atoms with E-state index in [2.05, 4.69) is 15.5 Å². The number of β-amino-alcohol motifs (C(OH)–C–C–N with tert-alkyl or cyclic N) is 1. The molecule has 6 nitrogen and oxygen atoms in total. The Morgan fingerprint density at radius 3 is 2.77 bits per heavy atom. The number of aliphatic hydroxyl groups excluding tert-OH is 1. The minimum atomic E-state index is -0.439. The van der Waals surface area contributed by atoms with E-state index in [0.29, 0.717) is 19.1 Å². The third-order valence-electron chi connectivity index (χ3n) is 5.49. The van der Waals surface area contributed by atoms with E-state index in [9.17, 15) is 9.90 Å². The summed E-state index contributed by atoms with van der Waals surface area (Å²) in [5.41, 5.74) is 0.971. The van der Waals surface area contributed by atoms with Gasteiger partial charge in [-0.1, -0.05) is 30.3 Å². The van der Waals surface area contributed by atoms with Crippen LogP contribution in [0.2, 0.25) is 0 Å². The highest BCUT2D eigenvalue weighted by Crippen LogP contribution is 2.20. The van der Waals surface area contributed by atoms with Crippen LogP contribution in [-0.2, 0) is 9.53 Å². The van der Waals surface area contributed by atoms with Crippen LogP contribution in [0, 0.1) is 5.92 Å². The van der Waals surface area contributed by atoms with Crippen LogP contribution in [-0.4, -0.2) is 67.4 Å². The standard InChI is InChI=1S/C20H31N3O3/c1-15-19(21-9-12-26-15)20(25)22-13-16-7-10-23(11-8-16)14-18(24)17-5-3-2-4-6-17/h2-6,15-16,18-19,21,24H,7-14H2,1H3,(H,22,25)/t15-,18?,19+/m1/s1. The fourth-order valence-corrected chi connectivity index (χ4v) is 3.78. The van der Waals surface area contributed by atoms with Crippen LogP contribution >= 0.6 is 0 Å². The van der Waals surface area contributed by atoms with E-state index in [-0.39, 0.29) is 18.1 Å². The lowest BCUT2D eigenvalue weighted by Crippen LogP contribution is -2.56. The summed E-state index contributed by atoms with van der Waals surface area (Å²) in [7, 11) is 0. The number of morpholine rings is 1. The van der Waals surface area contributed by atoms with Gasteiger partial charge >= 0.3 is 0 Å². The second kappa shape index (κ2) is 9.46. The summed E-state index contributed by atoms with van der Waals surface area (Å²) in [4.78, 5) is 14.6. The van der Waals surface area contributed by atoms with Crippen LogP contribution in [0.15, 0.2) is 30.3 Å². The highest BCUT2D eigenvalue weighted by molar-refractivity contribution is 5.82. The van der Waals surface area contributed by atoms with E-state index in [4.69, 9.17) is 4.74 Å². The first kappa shape index (κ1) is 19.3. The second-order valence-corrected chi connectivity index (χ2v) is 7.42. The Morgan fingerprint density at radius 2 is 2.08 bits per heavy atom. The number of rotatable bonds is 6. The van der Waals surface area contributed by atoms with Gasteiger partial charge in [0.25, 0.3) is 0 Å². The van der Waals surface area contributed by atoms with Gasteiger partial charge in [-0.05, 0) is 44.3 Å². The number of aliphatic hydroxyl groups is 1. The number of benzene rings is 1. The van der Waals surface area contributed by atoms with Crippen molar-refractivity contribution in [3.05, 3.63) is 35.9 Å². The van der Waals surface area contributed by atoms with Crippen LogP contribution in [0.4, 0.5) is 0 Å². The predicted octanol–water partition coefficient (Wildman–Crippen LogP) is 0.925. The van der Waals surface area contributed by atoms with Crippen molar-refractivity contribution >= 4 is 5.91 Å². The molecule has 0 radical (unpaired) electrons. The van der Waals surface area contributed by atoms with Crippen molar-refractivity contribution in [3.63, 3.8) is 0 Å². The van der Waals surface area contributed by atoms with Gasteiger partial charge in [0.15, 0.2) is 0 Å². The molecule has 3 rings (SSSR count). The van der Waals surface area contributed by atoms with Gasteiger partial charge in [-0.2, -0.15) is 0 Å². The maximum Gasteiger partial charge on any atom is 0.239 e. The third kappa shape index (κ3) is 5.27. The molecule has 26 heavy (non-hydrogen) atoms. The van der Waals surface area contributed by atoms with Gasteiger partial charge in [-0.3, -0.25) is 4.79 Å². The average molecular weight is 361 g/mol. The summed E-state index contributed by atoms with van der Waals surface area (Å²) in [6, 6.07) is 9.57. The van der Waals surface area contributed by atoms with Gasteiger partial charge in [-0.15, -0.1) is 0 Å². The molecule has 1 aromatic carbocycles. The summed E-state index contributed by atoms with van der Waals surface area (Å²) in [6.07, 6.45) is 1.58. The fraction of sp³-hybridized carbons (Fsp3) is 0.650. The minimum Gasteiger partial charge on any atom is -0.387 e. The molecule has 3 N–H and O–H groups in total. The zero-order valence-electron chi connectivity index (χ0n) is 15.6. The zero-order chi connectivity index (χ0) is 18.4. The Bertz CT molecular complexity index is 561. The van der Waals surface area contributed by atoms with E-state index in [1.807, 2.05) is 37.3 Å². The van der Waals surface area contributed by atoms with Gasteiger partial charge in [-0.25, -0.2) is 0 Å². The predicted molar refractivity (Wildman–Crippen MR) is 101 cm³/mol. The SMILES string of the molecule is C[C@H]1OCCN[C@@H]1C(=O)NCC1CCN(CC(O)c2ccccc2)CC1. The van der Waals surface area contributed by atoms with Crippen molar-refractivity contribution in [1.29, 1.82) is 0 Å². The number of carbonyl (C=O) groups is 1. The van der Waals surface area contributed by atoms with E-state index >= 15 is 0 Å². The van der Waals surface area contributed by atoms with Gasteiger partial charge < -0.3 is 25.4 Å². The van der Waals surface area contributed by atoms with Gasteiger partial charge in [0.1, 0.15) is 6.04 Å². The molecule has 2 fully saturated rings. The van der Waals surface area contributed by atoms with Crippen molar-refractivity contribution in [2.75, 3.05) is 39.3 Å². The Hall–Kier alpha value is -1.47. The van der Waals surface area contributed by atoms with Crippen molar-refractivity contribution in [2.24, 2.45) is 5.92 Å². The van der Waals surface area contributed by atoms with Crippen molar-refractivity contribution in [1.82, 2.24) is 15.5 Å². The molecular formula is C20H31N3O3. The highest BCUT2D eigenvalue weighted by Gasteiger charge is 2.29. The molecule has 2 aliphatic rings. The molecule has 6 heteroatoms. The van der Waals surface area contributed by atoms with E-state index < -0.39 is 6.10 Å². The first-order valence-electron chi connectivity index (χ1n) is 9.71. The summed E-state index contributed by atoms with van der Waals surface area (Å²) >= 11 is 0. The molecule has 2 aliphatic heterocycles. The normalized spacial score (nSPS) is 26.4. The Balaban J connectivity index is 1.36. The number of ether oxygens (including phenoxy) is 1. The lowest BCUT2D eigenvalue weighted by molar-refractivity contribution is -0.129. The number of amides is 1. The monoisotopic (exact) mass is 361 g/mol. The number of carbonyl (C=O) groups excluding carboxylic acids is 1. The van der Waals surface area contributed by atoms with Gasteiger partial charge in [0.2, 0.25) is 5.91 Å². The number of piperidine rings is 1. The summed E-state index contributed by atoms with van der Waals surface area (Å²) in [5.74, 6) is 0.544. The Labute approximate surface area is 155 Å². The Kier molecular flexibility index (Phi) is 7.02. The molecule has 0 spiro atoms. The molecule has 0 aromatic heterocycles. The number of hydrogen-bond acceptors (Lipinski definition) is 5. The van der Waals surface area contributed by atoms with E-state index in [1.165, 1.54) is 0 Å². The van der Waals surface area contributed by atoms with Gasteiger partial charge in [0, 0.05) is 19.6 Å². The van der Waals surface area contributed by atoms with Crippen LogP contribution in [0.5, 0.6) is 0 Å². The van der Waals surface area contributed by atoms with Crippen LogP contribution in [0.1, 0.15) is 31.4 Å². The fourth-order valence-electron chi connectivity index (χ4n) is 3.78. The molecule has 3 atom stereocenters. The largest absolute Gasteiger partial charge is 0.387 e. The van der Waals surface area contributed by atoms with E-state index in [0.717, 1.165) is 44.6 Å². The molecule has 2 saturated heterocycles. The molecule has 0 saturated carbocycles. The lowest BCUT2D eigenvalue weighted by Gasteiger charge is -2.34. The van der Waals surface area contributed by atoms with Crippen LogP contribution < -0.4 is 10.6 Å². The van der Waals surface area contributed by atoms with Gasteiger partial charge in [0.05, 0.1) is 18.8 Å². The highest BCUT2D eigenvalue weighted by atomic mass is 16.5. The molecule has 144 valence electrons. The van der Waals surface area contributed by atoms with Crippen LogP contribution in [0.3, 0.4) is 0 Å². The van der Waals surface area contributed by atoms with E-state index in [1.54, 1.807) is 0 Å². The third-order valence-corrected chi connectivity index (χ3v) is 5.49. The number of likely N-dealkylation sites (tertiary alicyclic amines) is 1. The lowest BCUT2D eigenvalue weighted by atomic mass is 9.96. The zero-order valence-corrected chi connectivity index (χ0v) is 15.6. The van der Waals surface area contributed by atoms with Crippen molar-refractivity contribution in [3.8, 4) is 0 Å². The first-order chi connectivity index (χ1) is 12.6. The molecule has 2 heterocycles. The quantitative estimate of drug-likeness (QED) is 0.703. The summed E-state index contributed by atoms with van der Waals surface area (Å²) in [6.45, 7) is 6.65. The molecule has 0 aliphatic carbocycles. The second-order valence-electron chi connectivity index (χ2n) is 7.42. The number of nitrogens with one attached hydrogen (secondary N) is 2. The minimum absolute atomic E-state index is 0.0409. The molecule has 1 amide bonds. The first-order valence-corrected chi connectivity index (χ1v) is 9.71. The van der Waals surface area contributed by atoms with Crippen molar-refractivity contribution < 1.29 is 14.6 Å². The number of hydrogen-bond donors (Lipinski definition) is 3. The summed E-state index contributed by atoms with van der Waals surface area (Å²) in [5, 5.41) is 16.7. The maximum atomic E-state index is 12.3. The Morgan fingerprint density at radius 1 is 1.35 bits per heavy atom. The number of nitrogens with zero attached hydrogens (tertiary/aromatic N) is 1. The molecule has 1 unspecified atom stereocenters. The van der Waals surface area contributed by atoms with Crippen LogP contribution in [0.25, 0.3) is 0 Å². The molecular weight excluding hydrogens is 330 g/mol. The topological polar surface area (TPSA) is 73.8 Å². The summed E-state index contributed by atoms with van der Waals surface area (Å²) < 4.78 is 5.54. The maximum absolute atomic E-state index is 12.3. The smallest absolute Gasteiger partial charge is 0.239 e. The molecule has 0 bridgehead atoms. The van der Waals surface area contributed by atoms with Crippen molar-refractivity contribution in [2.45, 2.75) is 38.0 Å². The molecule has 1 aromatic rings. The average Bonchev–Trinajstić information content (AvgIpc) is 2.68.